The normalized spacial score (nSPS) is 10.9. The van der Waals surface area contributed by atoms with Crippen molar-refractivity contribution in [1.82, 2.24) is 14.4 Å². The lowest BCUT2D eigenvalue weighted by molar-refractivity contribution is -0.132. The fourth-order valence-corrected chi connectivity index (χ4v) is 3.44. The third kappa shape index (κ3) is 7.46. The van der Waals surface area contributed by atoms with E-state index >= 15 is 0 Å². The van der Waals surface area contributed by atoms with Crippen LogP contribution in [0.15, 0.2) is 36.5 Å². The van der Waals surface area contributed by atoms with E-state index in [1.807, 2.05) is 66.9 Å². The lowest BCUT2D eigenvalue weighted by Crippen LogP contribution is -2.46. The molecule has 1 heterocycles. The molecule has 2 rings (SSSR count). The summed E-state index contributed by atoms with van der Waals surface area (Å²) in [6.07, 6.45) is 3.94. The van der Waals surface area contributed by atoms with Crippen LogP contribution in [0.3, 0.4) is 0 Å². The Labute approximate surface area is 187 Å². The van der Waals surface area contributed by atoms with Crippen LogP contribution in [0.4, 0.5) is 10.5 Å². The SMILES string of the molecule is CCCCN(Cc1cccn1C)C(=O)CN(CC(C)C)C(=O)Nc1ccc(C)c(C)c1. The van der Waals surface area contributed by atoms with E-state index in [2.05, 4.69) is 26.1 Å². The molecule has 0 bridgehead atoms. The summed E-state index contributed by atoms with van der Waals surface area (Å²) in [6.45, 7) is 12.1. The molecular weight excluding hydrogens is 388 g/mol. The van der Waals surface area contributed by atoms with Crippen LogP contribution in [0.25, 0.3) is 0 Å². The number of unbranched alkanes of at least 4 members (excludes halogenated alkanes) is 1. The van der Waals surface area contributed by atoms with Crippen molar-refractivity contribution in [3.05, 3.63) is 53.3 Å². The fraction of sp³-hybridized carbons (Fsp3) is 0.520. The zero-order valence-electron chi connectivity index (χ0n) is 19.9. The van der Waals surface area contributed by atoms with Crippen molar-refractivity contribution in [1.29, 1.82) is 0 Å². The summed E-state index contributed by atoms with van der Waals surface area (Å²) in [5.74, 6) is 0.237. The highest BCUT2D eigenvalue weighted by Gasteiger charge is 2.23. The van der Waals surface area contributed by atoms with Gasteiger partial charge in [-0.05, 0) is 61.6 Å². The van der Waals surface area contributed by atoms with Gasteiger partial charge in [-0.3, -0.25) is 4.79 Å². The Balaban J connectivity index is 2.13. The molecule has 6 nitrogen and oxygen atoms in total. The van der Waals surface area contributed by atoms with Crippen molar-refractivity contribution < 1.29 is 9.59 Å². The minimum atomic E-state index is -0.236. The minimum absolute atomic E-state index is 0.0227. The third-order valence-electron chi connectivity index (χ3n) is 5.50. The number of nitrogens with one attached hydrogen (secondary N) is 1. The second kappa shape index (κ2) is 11.6. The zero-order valence-corrected chi connectivity index (χ0v) is 19.9. The lowest BCUT2D eigenvalue weighted by Gasteiger charge is -2.29. The Hall–Kier alpha value is -2.76. The van der Waals surface area contributed by atoms with Crippen LogP contribution in [-0.4, -0.2) is 45.9 Å². The number of benzene rings is 1. The number of aromatic nitrogens is 1. The monoisotopic (exact) mass is 426 g/mol. The first-order chi connectivity index (χ1) is 14.7. The molecule has 0 aliphatic carbocycles. The minimum Gasteiger partial charge on any atom is -0.353 e. The molecule has 6 heteroatoms. The first-order valence-corrected chi connectivity index (χ1v) is 11.2. The molecular formula is C25H38N4O2. The highest BCUT2D eigenvalue weighted by atomic mass is 16.2. The van der Waals surface area contributed by atoms with E-state index in [4.69, 9.17) is 0 Å². The molecule has 170 valence electrons. The summed E-state index contributed by atoms with van der Waals surface area (Å²) < 4.78 is 2.03. The number of amides is 3. The van der Waals surface area contributed by atoms with Crippen molar-refractivity contribution in [2.45, 2.75) is 54.0 Å². The first kappa shape index (κ1) is 24.5. The number of carbonyl (C=O) groups excluding carboxylic acids is 2. The summed E-state index contributed by atoms with van der Waals surface area (Å²) >= 11 is 0. The average molecular weight is 427 g/mol. The molecule has 1 aromatic heterocycles. The van der Waals surface area contributed by atoms with Crippen molar-refractivity contribution in [2.24, 2.45) is 13.0 Å². The molecule has 1 aromatic carbocycles. The Morgan fingerprint density at radius 3 is 2.42 bits per heavy atom. The number of hydrogen-bond acceptors (Lipinski definition) is 2. The highest BCUT2D eigenvalue weighted by Crippen LogP contribution is 2.15. The quantitative estimate of drug-likeness (QED) is 0.584. The predicted molar refractivity (Wildman–Crippen MR) is 127 cm³/mol. The number of anilines is 1. The fourth-order valence-electron chi connectivity index (χ4n) is 3.44. The van der Waals surface area contributed by atoms with Gasteiger partial charge in [-0.25, -0.2) is 4.79 Å². The Bertz CT molecular complexity index is 872. The topological polar surface area (TPSA) is 57.6 Å². The van der Waals surface area contributed by atoms with Gasteiger partial charge in [0.25, 0.3) is 0 Å². The molecule has 0 unspecified atom stereocenters. The van der Waals surface area contributed by atoms with Gasteiger partial charge in [0.1, 0.15) is 6.54 Å². The van der Waals surface area contributed by atoms with Crippen molar-refractivity contribution in [2.75, 3.05) is 25.0 Å². The molecule has 0 radical (unpaired) electrons. The van der Waals surface area contributed by atoms with E-state index in [1.54, 1.807) is 4.90 Å². The summed E-state index contributed by atoms with van der Waals surface area (Å²) in [4.78, 5) is 29.8. The van der Waals surface area contributed by atoms with Crippen molar-refractivity contribution >= 4 is 17.6 Å². The molecule has 3 amide bonds. The highest BCUT2D eigenvalue weighted by molar-refractivity contribution is 5.92. The van der Waals surface area contributed by atoms with E-state index in [0.717, 1.165) is 29.8 Å². The van der Waals surface area contributed by atoms with E-state index in [-0.39, 0.29) is 24.4 Å². The van der Waals surface area contributed by atoms with E-state index < -0.39 is 0 Å². The maximum absolute atomic E-state index is 13.2. The summed E-state index contributed by atoms with van der Waals surface area (Å²) in [7, 11) is 1.99. The van der Waals surface area contributed by atoms with Gasteiger partial charge in [0, 0.05) is 37.7 Å². The molecule has 0 spiro atoms. The van der Waals surface area contributed by atoms with Gasteiger partial charge in [-0.2, -0.15) is 0 Å². The molecule has 0 saturated heterocycles. The van der Waals surface area contributed by atoms with Gasteiger partial charge in [-0.15, -0.1) is 0 Å². The second-order valence-electron chi connectivity index (χ2n) is 8.78. The van der Waals surface area contributed by atoms with Crippen LogP contribution < -0.4 is 5.32 Å². The number of carbonyl (C=O) groups is 2. The second-order valence-corrected chi connectivity index (χ2v) is 8.78. The van der Waals surface area contributed by atoms with Gasteiger partial charge in [0.15, 0.2) is 0 Å². The molecule has 0 saturated carbocycles. The Kier molecular flexibility index (Phi) is 9.16. The molecule has 2 aromatic rings. The smallest absolute Gasteiger partial charge is 0.322 e. The lowest BCUT2D eigenvalue weighted by atomic mass is 10.1. The summed E-state index contributed by atoms with van der Waals surface area (Å²) in [6, 6.07) is 9.64. The molecule has 0 fully saturated rings. The maximum atomic E-state index is 13.2. The summed E-state index contributed by atoms with van der Waals surface area (Å²) in [5, 5.41) is 2.97. The predicted octanol–water partition coefficient (Wildman–Crippen LogP) is 4.96. The van der Waals surface area contributed by atoms with Crippen molar-refractivity contribution in [3.8, 4) is 0 Å². The van der Waals surface area contributed by atoms with E-state index in [9.17, 15) is 9.59 Å². The molecule has 0 aliphatic heterocycles. The summed E-state index contributed by atoms with van der Waals surface area (Å²) in [5.41, 5.74) is 4.14. The van der Waals surface area contributed by atoms with Crippen LogP contribution in [0, 0.1) is 19.8 Å². The van der Waals surface area contributed by atoms with Gasteiger partial charge < -0.3 is 19.7 Å². The van der Waals surface area contributed by atoms with Gasteiger partial charge in [0.2, 0.25) is 5.91 Å². The number of aryl methyl sites for hydroxylation is 3. The molecule has 1 N–H and O–H groups in total. The van der Waals surface area contributed by atoms with Crippen LogP contribution in [0.5, 0.6) is 0 Å². The number of urea groups is 1. The number of rotatable bonds is 10. The standard InChI is InChI=1S/C25H38N4O2/c1-7-8-14-28(17-23-10-9-13-27(23)6)24(30)18-29(16-19(2)3)25(31)26-22-12-11-20(4)21(5)15-22/h9-13,15,19H,7-8,14,16-18H2,1-6H3,(H,26,31). The Morgan fingerprint density at radius 2 is 1.84 bits per heavy atom. The Morgan fingerprint density at radius 1 is 1.10 bits per heavy atom. The zero-order chi connectivity index (χ0) is 23.0. The number of hydrogen-bond donors (Lipinski definition) is 1. The number of nitrogens with zero attached hydrogens (tertiary/aromatic N) is 3. The average Bonchev–Trinajstić information content (AvgIpc) is 3.11. The molecule has 31 heavy (non-hydrogen) atoms. The van der Waals surface area contributed by atoms with Crippen LogP contribution in [0.1, 0.15) is 50.4 Å². The van der Waals surface area contributed by atoms with E-state index in [1.165, 1.54) is 5.56 Å². The maximum Gasteiger partial charge on any atom is 0.322 e. The van der Waals surface area contributed by atoms with Gasteiger partial charge >= 0.3 is 6.03 Å². The third-order valence-corrected chi connectivity index (χ3v) is 5.50. The largest absolute Gasteiger partial charge is 0.353 e. The van der Waals surface area contributed by atoms with Crippen LogP contribution in [-0.2, 0) is 18.4 Å². The van der Waals surface area contributed by atoms with Crippen LogP contribution in [0.2, 0.25) is 0 Å². The molecule has 0 aliphatic rings. The van der Waals surface area contributed by atoms with Crippen molar-refractivity contribution in [3.63, 3.8) is 0 Å². The molecule has 0 atom stereocenters. The first-order valence-electron chi connectivity index (χ1n) is 11.2. The van der Waals surface area contributed by atoms with Gasteiger partial charge in [-0.1, -0.05) is 33.3 Å². The van der Waals surface area contributed by atoms with Crippen LogP contribution >= 0.6 is 0 Å². The van der Waals surface area contributed by atoms with Gasteiger partial charge in [0.05, 0.1) is 6.54 Å². The van der Waals surface area contributed by atoms with E-state index in [0.29, 0.717) is 19.6 Å².